The van der Waals surface area contributed by atoms with E-state index in [4.69, 9.17) is 11.1 Å². The Balaban J connectivity index is 3.30. The molecule has 0 fully saturated rings. The first-order valence-corrected chi connectivity index (χ1v) is 3.56. The maximum atomic E-state index is 11.1. The largest absolute Gasteiger partial charge is 0.398 e. The normalized spacial score (nSPS) is 9.42. The summed E-state index contributed by atoms with van der Waals surface area (Å²) in [4.78, 5) is 11.1. The monoisotopic (exact) mass is 162 g/mol. The number of carbonyl (C=O) groups excluding carboxylic acids is 1. The Hall–Kier alpha value is -1.64. The van der Waals surface area contributed by atoms with Crippen LogP contribution in [0.5, 0.6) is 0 Å². The van der Waals surface area contributed by atoms with E-state index in [-0.39, 0.29) is 5.78 Å². The Kier molecular flexibility index (Phi) is 2.24. The number of anilines is 1. The molecule has 0 atom stereocenters. The average molecular weight is 162 g/mol. The highest BCUT2D eigenvalue weighted by Crippen LogP contribution is 2.15. The van der Waals surface area contributed by atoms with Gasteiger partial charge in [0.1, 0.15) is 0 Å². The van der Waals surface area contributed by atoms with Gasteiger partial charge >= 0.3 is 0 Å². The summed E-state index contributed by atoms with van der Waals surface area (Å²) in [6, 6.07) is 5.24. The standard InChI is InChI=1S/C9H10N2O/c1-6-3-2-4-7(11)9(6)8(12)5-10/h2-5,10H,11H2,1H3. The molecule has 3 N–H and O–H groups in total. The fourth-order valence-corrected chi connectivity index (χ4v) is 1.10. The van der Waals surface area contributed by atoms with E-state index in [2.05, 4.69) is 0 Å². The smallest absolute Gasteiger partial charge is 0.205 e. The van der Waals surface area contributed by atoms with Crippen LogP contribution in [0, 0.1) is 12.3 Å². The molecule has 1 aromatic carbocycles. The van der Waals surface area contributed by atoms with Gasteiger partial charge in [0.2, 0.25) is 5.78 Å². The molecule has 0 spiro atoms. The van der Waals surface area contributed by atoms with Crippen molar-refractivity contribution in [3.05, 3.63) is 29.3 Å². The number of nitrogen functional groups attached to an aromatic ring is 1. The van der Waals surface area contributed by atoms with Gasteiger partial charge in [0.05, 0.1) is 6.21 Å². The molecule has 0 radical (unpaired) electrons. The summed E-state index contributed by atoms with van der Waals surface area (Å²) >= 11 is 0. The van der Waals surface area contributed by atoms with E-state index in [1.54, 1.807) is 25.1 Å². The zero-order valence-corrected chi connectivity index (χ0v) is 6.79. The van der Waals surface area contributed by atoms with Crippen LogP contribution in [0.25, 0.3) is 0 Å². The van der Waals surface area contributed by atoms with Crippen LogP contribution in [0.2, 0.25) is 0 Å². The molecule has 0 unspecified atom stereocenters. The van der Waals surface area contributed by atoms with Gasteiger partial charge in [-0.2, -0.15) is 0 Å². The Bertz CT molecular complexity index is 311. The summed E-state index contributed by atoms with van der Waals surface area (Å²) in [6.45, 7) is 1.80. The van der Waals surface area contributed by atoms with Gasteiger partial charge in [-0.3, -0.25) is 4.79 Å². The first kappa shape index (κ1) is 8.46. The van der Waals surface area contributed by atoms with Crippen molar-refractivity contribution in [3.8, 4) is 0 Å². The lowest BCUT2D eigenvalue weighted by Gasteiger charge is -2.03. The molecule has 0 aliphatic carbocycles. The van der Waals surface area contributed by atoms with Crippen molar-refractivity contribution in [2.75, 3.05) is 5.73 Å². The summed E-state index contributed by atoms with van der Waals surface area (Å²) in [5.41, 5.74) is 7.25. The van der Waals surface area contributed by atoms with Crippen LogP contribution in [0.1, 0.15) is 15.9 Å². The van der Waals surface area contributed by atoms with Crippen molar-refractivity contribution in [3.63, 3.8) is 0 Å². The van der Waals surface area contributed by atoms with Gasteiger partial charge in [-0.1, -0.05) is 12.1 Å². The number of nitrogens with two attached hydrogens (primary N) is 1. The van der Waals surface area contributed by atoms with Gasteiger partial charge in [0.15, 0.2) is 0 Å². The van der Waals surface area contributed by atoms with E-state index in [9.17, 15) is 4.79 Å². The number of nitrogens with one attached hydrogen (secondary N) is 1. The second-order valence-electron chi connectivity index (χ2n) is 2.55. The van der Waals surface area contributed by atoms with Crippen LogP contribution in [0.15, 0.2) is 18.2 Å². The number of aryl methyl sites for hydroxylation is 1. The summed E-state index contributed by atoms with van der Waals surface area (Å²) in [6.07, 6.45) is 0.776. The van der Waals surface area contributed by atoms with E-state index >= 15 is 0 Å². The molecule has 3 nitrogen and oxygen atoms in total. The van der Waals surface area contributed by atoms with E-state index in [1.165, 1.54) is 0 Å². The van der Waals surface area contributed by atoms with Gasteiger partial charge < -0.3 is 11.1 Å². The molecule has 12 heavy (non-hydrogen) atoms. The van der Waals surface area contributed by atoms with E-state index in [1.807, 2.05) is 0 Å². The van der Waals surface area contributed by atoms with Crippen molar-refractivity contribution >= 4 is 17.7 Å². The summed E-state index contributed by atoms with van der Waals surface area (Å²) in [7, 11) is 0. The molecule has 0 saturated heterocycles. The van der Waals surface area contributed by atoms with E-state index in [0.717, 1.165) is 11.8 Å². The summed E-state index contributed by atoms with van der Waals surface area (Å²) in [5.74, 6) is -0.342. The molecule has 0 aromatic heterocycles. The van der Waals surface area contributed by atoms with Crippen LogP contribution in [-0.4, -0.2) is 12.0 Å². The third kappa shape index (κ3) is 1.34. The SMILES string of the molecule is Cc1cccc(N)c1C(=O)C=N. The molecule has 1 rings (SSSR count). The number of Topliss-reactive ketones (excluding diaryl/α,β-unsaturated/α-hetero) is 1. The molecule has 3 heteroatoms. The maximum absolute atomic E-state index is 11.1. The molecule has 0 amide bonds. The zero-order valence-electron chi connectivity index (χ0n) is 6.79. The average Bonchev–Trinajstić information content (AvgIpc) is 2.03. The number of carbonyl (C=O) groups is 1. The number of hydrogen-bond donors (Lipinski definition) is 2. The van der Waals surface area contributed by atoms with Crippen molar-refractivity contribution < 1.29 is 4.79 Å². The van der Waals surface area contributed by atoms with Crippen molar-refractivity contribution in [1.82, 2.24) is 0 Å². The lowest BCUT2D eigenvalue weighted by Crippen LogP contribution is -2.06. The van der Waals surface area contributed by atoms with Crippen LogP contribution in [0.3, 0.4) is 0 Å². The number of hydrogen-bond acceptors (Lipinski definition) is 3. The molecule has 0 heterocycles. The second-order valence-corrected chi connectivity index (χ2v) is 2.55. The highest BCUT2D eigenvalue weighted by atomic mass is 16.1. The van der Waals surface area contributed by atoms with E-state index < -0.39 is 0 Å². The molecule has 0 aliphatic heterocycles. The zero-order chi connectivity index (χ0) is 9.14. The van der Waals surface area contributed by atoms with Gasteiger partial charge in [0, 0.05) is 11.3 Å². The summed E-state index contributed by atoms with van der Waals surface area (Å²) in [5, 5.41) is 6.81. The Morgan fingerprint density at radius 1 is 1.58 bits per heavy atom. The first-order valence-electron chi connectivity index (χ1n) is 3.56. The lowest BCUT2D eigenvalue weighted by molar-refractivity contribution is 0.107. The van der Waals surface area contributed by atoms with Crippen molar-refractivity contribution in [2.24, 2.45) is 0 Å². The Morgan fingerprint density at radius 2 is 2.25 bits per heavy atom. The summed E-state index contributed by atoms with van der Waals surface area (Å²) < 4.78 is 0. The minimum Gasteiger partial charge on any atom is -0.398 e. The number of ketones is 1. The molecule has 0 aliphatic rings. The van der Waals surface area contributed by atoms with Crippen LogP contribution in [0.4, 0.5) is 5.69 Å². The van der Waals surface area contributed by atoms with Crippen LogP contribution < -0.4 is 5.73 Å². The number of rotatable bonds is 2. The van der Waals surface area contributed by atoms with Gasteiger partial charge in [-0.25, -0.2) is 0 Å². The topological polar surface area (TPSA) is 66.9 Å². The van der Waals surface area contributed by atoms with Crippen molar-refractivity contribution in [1.29, 1.82) is 5.41 Å². The Labute approximate surface area is 70.7 Å². The highest BCUT2D eigenvalue weighted by molar-refractivity contribution is 6.36. The maximum Gasteiger partial charge on any atom is 0.205 e. The molecule has 0 bridgehead atoms. The lowest BCUT2D eigenvalue weighted by atomic mass is 10.0. The van der Waals surface area contributed by atoms with E-state index in [0.29, 0.717) is 11.3 Å². The highest BCUT2D eigenvalue weighted by Gasteiger charge is 2.08. The van der Waals surface area contributed by atoms with Crippen molar-refractivity contribution in [2.45, 2.75) is 6.92 Å². The molecular weight excluding hydrogens is 152 g/mol. The predicted octanol–water partition coefficient (Wildman–Crippen LogP) is 1.41. The van der Waals surface area contributed by atoms with Gasteiger partial charge in [-0.15, -0.1) is 0 Å². The van der Waals surface area contributed by atoms with Crippen LogP contribution in [-0.2, 0) is 0 Å². The molecule has 0 saturated carbocycles. The minimum absolute atomic E-state index is 0.342. The van der Waals surface area contributed by atoms with Gasteiger partial charge in [0.25, 0.3) is 0 Å². The fourth-order valence-electron chi connectivity index (χ4n) is 1.10. The third-order valence-electron chi connectivity index (χ3n) is 1.68. The fraction of sp³-hybridized carbons (Fsp3) is 0.111. The molecule has 1 aromatic rings. The Morgan fingerprint density at radius 3 is 2.75 bits per heavy atom. The predicted molar refractivity (Wildman–Crippen MR) is 48.7 cm³/mol. The minimum atomic E-state index is -0.342. The second kappa shape index (κ2) is 3.17. The quantitative estimate of drug-likeness (QED) is 0.392. The molecule has 62 valence electrons. The van der Waals surface area contributed by atoms with Gasteiger partial charge in [-0.05, 0) is 18.6 Å². The van der Waals surface area contributed by atoms with Crippen LogP contribution >= 0.6 is 0 Å². The number of benzene rings is 1. The third-order valence-corrected chi connectivity index (χ3v) is 1.68. The molecular formula is C9H10N2O. The first-order chi connectivity index (χ1) is 5.66.